The van der Waals surface area contributed by atoms with Crippen LogP contribution in [-0.2, 0) is 9.47 Å². The van der Waals surface area contributed by atoms with Crippen LogP contribution in [0.3, 0.4) is 0 Å². The monoisotopic (exact) mass is 214 g/mol. The molecule has 0 aromatic carbocycles. The molecule has 0 aromatic rings. The third kappa shape index (κ3) is 2.60. The molecule has 2 rings (SSSR count). The molecule has 2 amide bonds. The lowest BCUT2D eigenvalue weighted by Crippen LogP contribution is -2.53. The Morgan fingerprint density at radius 2 is 2.07 bits per heavy atom. The van der Waals surface area contributed by atoms with Gasteiger partial charge in [-0.1, -0.05) is 0 Å². The Morgan fingerprint density at radius 3 is 2.67 bits per heavy atom. The fraction of sp³-hybridized carbons (Fsp3) is 0.900. The third-order valence-corrected chi connectivity index (χ3v) is 3.05. The highest BCUT2D eigenvalue weighted by Crippen LogP contribution is 2.22. The molecule has 5 nitrogen and oxygen atoms in total. The van der Waals surface area contributed by atoms with Gasteiger partial charge in [0.1, 0.15) is 0 Å². The molecular formula is C10H18N2O3. The molecule has 1 aliphatic carbocycles. The predicted molar refractivity (Wildman–Crippen MR) is 54.7 cm³/mol. The Hall–Kier alpha value is -0.810. The predicted octanol–water partition coefficient (Wildman–Crippen LogP) is 0.206. The summed E-state index contributed by atoms with van der Waals surface area (Å²) in [6, 6.07) is 0.336. The van der Waals surface area contributed by atoms with Gasteiger partial charge in [-0.2, -0.15) is 0 Å². The first-order valence-electron chi connectivity index (χ1n) is 5.45. The van der Waals surface area contributed by atoms with E-state index >= 15 is 0 Å². The molecule has 1 N–H and O–H groups in total. The van der Waals surface area contributed by atoms with Gasteiger partial charge >= 0.3 is 6.03 Å². The van der Waals surface area contributed by atoms with Gasteiger partial charge in [-0.25, -0.2) is 4.79 Å². The van der Waals surface area contributed by atoms with E-state index in [1.807, 2.05) is 4.90 Å². The minimum atomic E-state index is 0.0397. The molecule has 0 bridgehead atoms. The summed E-state index contributed by atoms with van der Waals surface area (Å²) in [6.07, 6.45) is 2.21. The maximum Gasteiger partial charge on any atom is 0.317 e. The van der Waals surface area contributed by atoms with Crippen molar-refractivity contribution in [3.8, 4) is 0 Å². The van der Waals surface area contributed by atoms with E-state index in [0.717, 1.165) is 12.8 Å². The molecule has 15 heavy (non-hydrogen) atoms. The summed E-state index contributed by atoms with van der Waals surface area (Å²) in [4.78, 5) is 13.5. The number of hydrogen-bond donors (Lipinski definition) is 1. The highest BCUT2D eigenvalue weighted by Gasteiger charge is 2.31. The Labute approximate surface area is 89.7 Å². The van der Waals surface area contributed by atoms with Crippen LogP contribution in [0.5, 0.6) is 0 Å². The van der Waals surface area contributed by atoms with Crippen molar-refractivity contribution in [3.63, 3.8) is 0 Å². The lowest BCUT2D eigenvalue weighted by molar-refractivity contribution is 0.0153. The summed E-state index contributed by atoms with van der Waals surface area (Å²) in [7, 11) is 1.71. The average molecular weight is 214 g/mol. The number of morpholine rings is 1. The number of urea groups is 1. The zero-order valence-electron chi connectivity index (χ0n) is 9.07. The number of carbonyl (C=O) groups excluding carboxylic acids is 1. The molecule has 0 atom stereocenters. The van der Waals surface area contributed by atoms with Gasteiger partial charge < -0.3 is 19.7 Å². The zero-order chi connectivity index (χ0) is 10.7. The molecule has 1 heterocycles. The van der Waals surface area contributed by atoms with Crippen molar-refractivity contribution in [2.75, 3.05) is 33.4 Å². The number of methoxy groups -OCH3 is 1. The molecule has 0 radical (unpaired) electrons. The van der Waals surface area contributed by atoms with Gasteiger partial charge in [0.15, 0.2) is 0 Å². The van der Waals surface area contributed by atoms with Crippen molar-refractivity contribution in [2.45, 2.75) is 25.0 Å². The summed E-state index contributed by atoms with van der Waals surface area (Å²) < 4.78 is 10.3. The quantitative estimate of drug-likeness (QED) is 0.714. The van der Waals surface area contributed by atoms with Gasteiger partial charge in [0.05, 0.1) is 19.3 Å². The van der Waals surface area contributed by atoms with Gasteiger partial charge in [-0.15, -0.1) is 0 Å². The molecule has 5 heteroatoms. The summed E-state index contributed by atoms with van der Waals surface area (Å²) in [5.41, 5.74) is 0. The minimum Gasteiger partial charge on any atom is -0.381 e. The number of nitrogens with zero attached hydrogens (tertiary/aromatic N) is 1. The van der Waals surface area contributed by atoms with Gasteiger partial charge in [-0.3, -0.25) is 0 Å². The fourth-order valence-electron chi connectivity index (χ4n) is 1.91. The maximum absolute atomic E-state index is 11.7. The number of nitrogens with one attached hydrogen (secondary N) is 1. The minimum absolute atomic E-state index is 0.0397. The SMILES string of the molecule is COC1CC(NC(=O)N2CCOCC2)C1. The molecule has 1 saturated carbocycles. The first-order chi connectivity index (χ1) is 7.29. The molecule has 0 aromatic heterocycles. The molecule has 86 valence electrons. The van der Waals surface area contributed by atoms with E-state index < -0.39 is 0 Å². The second kappa shape index (κ2) is 4.81. The first-order valence-corrected chi connectivity index (χ1v) is 5.45. The molecule has 0 unspecified atom stereocenters. The van der Waals surface area contributed by atoms with Crippen molar-refractivity contribution in [2.24, 2.45) is 0 Å². The summed E-state index contributed by atoms with van der Waals surface area (Å²) in [5.74, 6) is 0. The molecule has 1 saturated heterocycles. The van der Waals surface area contributed by atoms with Crippen LogP contribution < -0.4 is 5.32 Å². The van der Waals surface area contributed by atoms with E-state index in [-0.39, 0.29) is 6.03 Å². The molecule has 2 aliphatic rings. The van der Waals surface area contributed by atoms with E-state index in [2.05, 4.69) is 5.32 Å². The molecule has 2 fully saturated rings. The van der Waals surface area contributed by atoms with Crippen molar-refractivity contribution in [3.05, 3.63) is 0 Å². The number of carbonyl (C=O) groups is 1. The number of hydrogen-bond acceptors (Lipinski definition) is 3. The highest BCUT2D eigenvalue weighted by atomic mass is 16.5. The number of ether oxygens (including phenoxy) is 2. The van der Waals surface area contributed by atoms with E-state index in [1.54, 1.807) is 7.11 Å². The molecule has 1 aliphatic heterocycles. The van der Waals surface area contributed by atoms with Gasteiger partial charge in [0.2, 0.25) is 0 Å². The fourth-order valence-corrected chi connectivity index (χ4v) is 1.91. The smallest absolute Gasteiger partial charge is 0.317 e. The van der Waals surface area contributed by atoms with Crippen LogP contribution in [0.2, 0.25) is 0 Å². The standard InChI is InChI=1S/C10H18N2O3/c1-14-9-6-8(7-9)11-10(13)12-2-4-15-5-3-12/h8-9H,2-7H2,1H3,(H,11,13). The van der Waals surface area contributed by atoms with Gasteiger partial charge in [0, 0.05) is 26.2 Å². The molecule has 0 spiro atoms. The van der Waals surface area contributed by atoms with Crippen molar-refractivity contribution in [1.29, 1.82) is 0 Å². The summed E-state index contributed by atoms with van der Waals surface area (Å²) in [6.45, 7) is 2.70. The van der Waals surface area contributed by atoms with Crippen LogP contribution in [0.25, 0.3) is 0 Å². The van der Waals surface area contributed by atoms with Gasteiger partial charge in [0.25, 0.3) is 0 Å². The van der Waals surface area contributed by atoms with Crippen LogP contribution in [0, 0.1) is 0 Å². The van der Waals surface area contributed by atoms with Crippen molar-refractivity contribution >= 4 is 6.03 Å². The van der Waals surface area contributed by atoms with E-state index in [0.29, 0.717) is 38.4 Å². The Bertz CT molecular complexity index is 223. The van der Waals surface area contributed by atoms with E-state index in [4.69, 9.17) is 9.47 Å². The second-order valence-corrected chi connectivity index (χ2v) is 4.07. The lowest BCUT2D eigenvalue weighted by Gasteiger charge is -2.36. The topological polar surface area (TPSA) is 50.8 Å². The van der Waals surface area contributed by atoms with E-state index in [1.165, 1.54) is 0 Å². The van der Waals surface area contributed by atoms with Crippen LogP contribution >= 0.6 is 0 Å². The highest BCUT2D eigenvalue weighted by molar-refractivity contribution is 5.74. The summed E-state index contributed by atoms with van der Waals surface area (Å²) in [5, 5.41) is 3.00. The van der Waals surface area contributed by atoms with Crippen molar-refractivity contribution in [1.82, 2.24) is 10.2 Å². The largest absolute Gasteiger partial charge is 0.381 e. The van der Waals surface area contributed by atoms with Crippen LogP contribution in [-0.4, -0.2) is 56.5 Å². The van der Waals surface area contributed by atoms with Crippen molar-refractivity contribution < 1.29 is 14.3 Å². The Balaban J connectivity index is 1.68. The first kappa shape index (κ1) is 10.7. The summed E-state index contributed by atoms with van der Waals surface area (Å²) >= 11 is 0. The average Bonchev–Trinajstić information content (AvgIpc) is 2.23. The van der Waals surface area contributed by atoms with E-state index in [9.17, 15) is 4.79 Å². The van der Waals surface area contributed by atoms with Gasteiger partial charge in [-0.05, 0) is 12.8 Å². The Kier molecular flexibility index (Phi) is 3.43. The lowest BCUT2D eigenvalue weighted by atomic mass is 9.89. The number of rotatable bonds is 2. The second-order valence-electron chi connectivity index (χ2n) is 4.07. The van der Waals surface area contributed by atoms with Crippen LogP contribution in [0.15, 0.2) is 0 Å². The maximum atomic E-state index is 11.7. The van der Waals surface area contributed by atoms with Crippen LogP contribution in [0.1, 0.15) is 12.8 Å². The number of amides is 2. The third-order valence-electron chi connectivity index (χ3n) is 3.05. The Morgan fingerprint density at radius 1 is 1.40 bits per heavy atom. The normalized spacial score (nSPS) is 30.9. The zero-order valence-corrected chi connectivity index (χ0v) is 9.07. The molecular weight excluding hydrogens is 196 g/mol. The van der Waals surface area contributed by atoms with Crippen LogP contribution in [0.4, 0.5) is 4.79 Å².